The second kappa shape index (κ2) is 13.5. The molecule has 1 unspecified atom stereocenters. The van der Waals surface area contributed by atoms with E-state index in [1.54, 1.807) is 0 Å². The summed E-state index contributed by atoms with van der Waals surface area (Å²) in [5.74, 6) is -1.71. The number of hydrogen-bond donors (Lipinski definition) is 4. The predicted octanol–water partition coefficient (Wildman–Crippen LogP) is 2.55. The first-order valence-corrected chi connectivity index (χ1v) is 12.2. The molecule has 0 aliphatic carbocycles. The van der Waals surface area contributed by atoms with E-state index in [1.165, 1.54) is 19.2 Å². The number of alkyl carbamates (subject to hydrolysis) is 1. The molecule has 0 fully saturated rings. The average molecular weight is 582 g/mol. The Balaban J connectivity index is 1.78. The molecule has 0 radical (unpaired) electrons. The van der Waals surface area contributed by atoms with Crippen molar-refractivity contribution in [1.29, 1.82) is 0 Å². The molecule has 3 amide bonds. The van der Waals surface area contributed by atoms with Crippen molar-refractivity contribution >= 4 is 34.6 Å². The van der Waals surface area contributed by atoms with E-state index in [2.05, 4.69) is 35.6 Å². The van der Waals surface area contributed by atoms with Crippen LogP contribution in [0.1, 0.15) is 30.7 Å². The van der Waals surface area contributed by atoms with Crippen molar-refractivity contribution in [2.24, 2.45) is 0 Å². The molecule has 4 N–H and O–H groups in total. The van der Waals surface area contributed by atoms with E-state index in [1.807, 2.05) is 0 Å². The summed E-state index contributed by atoms with van der Waals surface area (Å²) in [5.41, 5.74) is -0.583. The number of fused-ring (bicyclic) bond motifs is 1. The van der Waals surface area contributed by atoms with Crippen molar-refractivity contribution in [3.8, 4) is 0 Å². The van der Waals surface area contributed by atoms with Crippen LogP contribution in [0.3, 0.4) is 0 Å². The van der Waals surface area contributed by atoms with Gasteiger partial charge in [0, 0.05) is 13.5 Å². The van der Waals surface area contributed by atoms with Gasteiger partial charge in [0.15, 0.2) is 0 Å². The Hall–Kier alpha value is -4.76. The van der Waals surface area contributed by atoms with Crippen LogP contribution in [0, 0.1) is 5.82 Å². The highest BCUT2D eigenvalue weighted by molar-refractivity contribution is 5.96. The number of benzene rings is 1. The number of halogens is 4. The van der Waals surface area contributed by atoms with E-state index in [0.717, 1.165) is 36.3 Å². The van der Waals surface area contributed by atoms with Gasteiger partial charge >= 0.3 is 12.3 Å². The average Bonchev–Trinajstić information content (AvgIpc) is 3.32. The van der Waals surface area contributed by atoms with Crippen LogP contribution in [0.5, 0.6) is 0 Å². The number of H-pyrrole nitrogens is 1. The molecule has 0 aliphatic rings. The molecule has 2 heterocycles. The first-order chi connectivity index (χ1) is 19.4. The summed E-state index contributed by atoms with van der Waals surface area (Å²) in [6, 6.07) is 0.930. The SMILES string of the molecule is CNC(=O)C=CCCC(NC(=O)OC)C(=O)Nc1cncn(Cc2nc3c(CCC(F)(F)F)cc(F)cc3[nH]2)c1=O. The number of nitrogens with one attached hydrogen (secondary N) is 4. The first kappa shape index (κ1) is 30.8. The zero-order valence-electron chi connectivity index (χ0n) is 22.0. The molecule has 2 aromatic heterocycles. The van der Waals surface area contributed by atoms with Gasteiger partial charge in [-0.15, -0.1) is 0 Å². The van der Waals surface area contributed by atoms with Crippen LogP contribution in [0.15, 0.2) is 41.6 Å². The molecule has 3 aromatic rings. The Bertz CT molecular complexity index is 1500. The van der Waals surface area contributed by atoms with Crippen molar-refractivity contribution in [2.75, 3.05) is 19.5 Å². The quantitative estimate of drug-likeness (QED) is 0.200. The van der Waals surface area contributed by atoms with E-state index >= 15 is 0 Å². The Morgan fingerprint density at radius 3 is 2.68 bits per heavy atom. The molecular weight excluding hydrogens is 554 g/mol. The van der Waals surface area contributed by atoms with Crippen molar-refractivity contribution in [3.05, 3.63) is 64.4 Å². The lowest BCUT2D eigenvalue weighted by atomic mass is 10.1. The number of nitrogens with zero attached hydrogens (tertiary/aromatic N) is 3. The molecular formula is C25H27F4N7O5. The van der Waals surface area contributed by atoms with E-state index in [9.17, 15) is 36.7 Å². The minimum absolute atomic E-state index is 0.0561. The van der Waals surface area contributed by atoms with Crippen LogP contribution in [-0.2, 0) is 27.3 Å². The molecule has 12 nitrogen and oxygen atoms in total. The minimum atomic E-state index is -4.44. The maximum Gasteiger partial charge on any atom is 0.407 e. The standard InChI is InChI=1S/C25H27F4N7O5/c1-30-20(37)6-4-3-5-16(34-24(40)41-2)22(38)33-18-11-31-13-36(23(18)39)12-19-32-17-10-15(26)9-14(21(17)35-19)7-8-25(27,28)29/h4,6,9-11,13,16H,3,5,7-8,12H2,1-2H3,(H,30,37)(H,32,35)(H,33,38)(H,34,40). The van der Waals surface area contributed by atoms with E-state index in [4.69, 9.17) is 0 Å². The lowest BCUT2D eigenvalue weighted by Gasteiger charge is -2.17. The maximum atomic E-state index is 14.0. The second-order valence-electron chi connectivity index (χ2n) is 8.77. The van der Waals surface area contributed by atoms with Crippen LogP contribution in [0.2, 0.25) is 0 Å². The lowest BCUT2D eigenvalue weighted by Crippen LogP contribution is -2.44. The highest BCUT2D eigenvalue weighted by Gasteiger charge is 2.27. The molecule has 0 saturated heterocycles. The summed E-state index contributed by atoms with van der Waals surface area (Å²) < 4.78 is 57.8. The number of carbonyl (C=O) groups excluding carboxylic acids is 3. The number of ether oxygens (including phenoxy) is 1. The molecule has 0 spiro atoms. The summed E-state index contributed by atoms with van der Waals surface area (Å²) in [4.78, 5) is 60.0. The number of aryl methyl sites for hydroxylation is 1. The normalized spacial score (nSPS) is 12.3. The molecule has 41 heavy (non-hydrogen) atoms. The molecule has 0 saturated carbocycles. The molecule has 0 aliphatic heterocycles. The molecule has 1 aromatic carbocycles. The Morgan fingerprint density at radius 1 is 1.24 bits per heavy atom. The fraction of sp³-hybridized carbons (Fsp3) is 0.360. The van der Waals surface area contributed by atoms with E-state index in [-0.39, 0.29) is 53.4 Å². The monoisotopic (exact) mass is 581 g/mol. The third-order valence-corrected chi connectivity index (χ3v) is 5.77. The van der Waals surface area contributed by atoms with Gasteiger partial charge in [-0.3, -0.25) is 19.0 Å². The summed E-state index contributed by atoms with van der Waals surface area (Å²) in [5, 5.41) is 7.16. The number of rotatable bonds is 11. The van der Waals surface area contributed by atoms with Gasteiger partial charge in [0.2, 0.25) is 11.8 Å². The van der Waals surface area contributed by atoms with Gasteiger partial charge in [0.1, 0.15) is 23.4 Å². The Kier molecular flexibility index (Phi) is 10.2. The fourth-order valence-electron chi connectivity index (χ4n) is 3.78. The number of aromatic amines is 1. The molecule has 1 atom stereocenters. The van der Waals surface area contributed by atoms with Crippen molar-refractivity contribution in [2.45, 2.75) is 44.4 Å². The van der Waals surface area contributed by atoms with Crippen LogP contribution >= 0.6 is 0 Å². The summed E-state index contributed by atoms with van der Waals surface area (Å²) in [6.45, 7) is -0.224. The van der Waals surface area contributed by atoms with Crippen LogP contribution in [-0.4, -0.2) is 63.8 Å². The van der Waals surface area contributed by atoms with E-state index in [0.29, 0.717) is 0 Å². The van der Waals surface area contributed by atoms with Crippen LogP contribution < -0.4 is 21.5 Å². The number of anilines is 1. The smallest absolute Gasteiger partial charge is 0.407 e. The van der Waals surface area contributed by atoms with E-state index < -0.39 is 48.4 Å². The molecule has 220 valence electrons. The van der Waals surface area contributed by atoms with Gasteiger partial charge in [-0.05, 0) is 43.0 Å². The summed E-state index contributed by atoms with van der Waals surface area (Å²) >= 11 is 0. The topological polar surface area (TPSA) is 160 Å². The summed E-state index contributed by atoms with van der Waals surface area (Å²) in [6.07, 6.45) is -1.65. The highest BCUT2D eigenvalue weighted by Crippen LogP contribution is 2.26. The third-order valence-electron chi connectivity index (χ3n) is 5.77. The number of imidazole rings is 1. The number of carbonyl (C=O) groups is 3. The number of aromatic nitrogens is 4. The van der Waals surface area contributed by atoms with Gasteiger partial charge in [0.25, 0.3) is 5.56 Å². The molecule has 16 heteroatoms. The zero-order chi connectivity index (χ0) is 30.2. The number of alkyl halides is 3. The van der Waals surface area contributed by atoms with Gasteiger partial charge in [-0.25, -0.2) is 19.2 Å². The second-order valence-corrected chi connectivity index (χ2v) is 8.77. The van der Waals surface area contributed by atoms with Gasteiger partial charge in [-0.2, -0.15) is 13.2 Å². The Labute approximate surface area is 230 Å². The summed E-state index contributed by atoms with van der Waals surface area (Å²) in [7, 11) is 2.56. The third kappa shape index (κ3) is 8.87. The minimum Gasteiger partial charge on any atom is -0.453 e. The number of likely N-dealkylation sites (N-methyl/N-ethyl adjacent to an activating group) is 1. The largest absolute Gasteiger partial charge is 0.453 e. The van der Waals surface area contributed by atoms with Gasteiger partial charge in [-0.1, -0.05) is 6.08 Å². The highest BCUT2D eigenvalue weighted by atomic mass is 19.4. The van der Waals surface area contributed by atoms with Crippen LogP contribution in [0.25, 0.3) is 11.0 Å². The molecule has 0 bridgehead atoms. The number of amides is 3. The van der Waals surface area contributed by atoms with Crippen molar-refractivity contribution in [1.82, 2.24) is 30.2 Å². The van der Waals surface area contributed by atoms with Crippen molar-refractivity contribution in [3.63, 3.8) is 0 Å². The first-order valence-electron chi connectivity index (χ1n) is 12.2. The van der Waals surface area contributed by atoms with Crippen molar-refractivity contribution < 1.29 is 36.7 Å². The predicted molar refractivity (Wildman–Crippen MR) is 138 cm³/mol. The molecule has 3 rings (SSSR count). The fourth-order valence-corrected chi connectivity index (χ4v) is 3.78. The van der Waals surface area contributed by atoms with Gasteiger partial charge < -0.3 is 25.7 Å². The number of methoxy groups -OCH3 is 1. The van der Waals surface area contributed by atoms with Gasteiger partial charge in [0.05, 0.1) is 37.2 Å². The van der Waals surface area contributed by atoms with Crippen LogP contribution in [0.4, 0.5) is 28.0 Å². The lowest BCUT2D eigenvalue weighted by molar-refractivity contribution is -0.134. The zero-order valence-corrected chi connectivity index (χ0v) is 22.0. The Morgan fingerprint density at radius 2 is 2.00 bits per heavy atom. The number of hydrogen-bond acceptors (Lipinski definition) is 7. The number of allylic oxidation sites excluding steroid dienone is 1. The maximum absolute atomic E-state index is 14.0.